The number of rotatable bonds is 5. The van der Waals surface area contributed by atoms with Crippen LogP contribution in [0.5, 0.6) is 0 Å². The van der Waals surface area contributed by atoms with Crippen LogP contribution in [0.4, 0.5) is 5.69 Å². The van der Waals surface area contributed by atoms with Gasteiger partial charge in [0, 0.05) is 31.9 Å². The number of anilines is 1. The summed E-state index contributed by atoms with van der Waals surface area (Å²) in [5.41, 5.74) is 0.536. The monoisotopic (exact) mass is 473 g/mol. The van der Waals surface area contributed by atoms with Crippen molar-refractivity contribution in [2.45, 2.75) is 38.0 Å². The smallest absolute Gasteiger partial charge is 0.289 e. The maximum atomic E-state index is 13.1. The number of piperidine rings is 2. The molecule has 2 aromatic rings. The van der Waals surface area contributed by atoms with E-state index in [0.29, 0.717) is 50.1 Å². The first-order chi connectivity index (χ1) is 15.7. The van der Waals surface area contributed by atoms with Crippen LogP contribution in [0.25, 0.3) is 0 Å². The molecule has 3 heterocycles. The fourth-order valence-corrected chi connectivity index (χ4v) is 6.52. The minimum atomic E-state index is -3.56. The summed E-state index contributed by atoms with van der Waals surface area (Å²) < 4.78 is 32.9. The molecule has 2 fully saturated rings. The number of carbonyl (C=O) groups excluding carboxylic acids is 2. The van der Waals surface area contributed by atoms with Crippen LogP contribution in [0.15, 0.2) is 52.0 Å². The lowest BCUT2D eigenvalue weighted by molar-refractivity contribution is -0.121. The molecule has 33 heavy (non-hydrogen) atoms. The zero-order chi connectivity index (χ0) is 23.6. The Kier molecular flexibility index (Phi) is 6.90. The zero-order valence-corrected chi connectivity index (χ0v) is 19.9. The molecule has 2 aliphatic rings. The van der Waals surface area contributed by atoms with E-state index in [1.54, 1.807) is 45.6 Å². The van der Waals surface area contributed by atoms with Crippen molar-refractivity contribution in [2.75, 3.05) is 31.5 Å². The average Bonchev–Trinajstić information content (AvgIpc) is 3.33. The molecule has 2 saturated heterocycles. The standard InChI is InChI=1S/C24H31N3O5S/c1-17-13-18(2)15-27(14-17)33(30,31)21-9-7-20(8-10-21)25-23(28)19-5-3-11-26(16-19)24(29)22-6-4-12-32-22/h4,6-10,12,17-19H,3,5,11,13-16H2,1-2H3,(H,25,28)/t17-,18+,19-/m0/s1. The number of benzene rings is 1. The summed E-state index contributed by atoms with van der Waals surface area (Å²) in [6, 6.07) is 9.61. The number of hydrogen-bond acceptors (Lipinski definition) is 5. The van der Waals surface area contributed by atoms with Crippen molar-refractivity contribution in [1.82, 2.24) is 9.21 Å². The minimum Gasteiger partial charge on any atom is -0.459 e. The van der Waals surface area contributed by atoms with E-state index in [2.05, 4.69) is 19.2 Å². The van der Waals surface area contributed by atoms with E-state index >= 15 is 0 Å². The molecule has 0 bridgehead atoms. The van der Waals surface area contributed by atoms with Crippen LogP contribution in [0.2, 0.25) is 0 Å². The maximum Gasteiger partial charge on any atom is 0.289 e. The number of furan rings is 1. The van der Waals surface area contributed by atoms with Crippen molar-refractivity contribution < 1.29 is 22.4 Å². The summed E-state index contributed by atoms with van der Waals surface area (Å²) in [6.07, 6.45) is 3.90. The number of likely N-dealkylation sites (tertiary alicyclic amines) is 1. The minimum absolute atomic E-state index is 0.179. The first kappa shape index (κ1) is 23.5. The van der Waals surface area contributed by atoms with Gasteiger partial charge in [0.05, 0.1) is 17.1 Å². The van der Waals surface area contributed by atoms with Crippen molar-refractivity contribution >= 4 is 27.5 Å². The number of sulfonamides is 1. The Morgan fingerprint density at radius 2 is 1.73 bits per heavy atom. The molecule has 178 valence electrons. The van der Waals surface area contributed by atoms with Crippen LogP contribution >= 0.6 is 0 Å². The van der Waals surface area contributed by atoms with Gasteiger partial charge in [-0.25, -0.2) is 8.42 Å². The average molecular weight is 474 g/mol. The highest BCUT2D eigenvalue weighted by atomic mass is 32.2. The SMILES string of the molecule is C[C@@H]1C[C@H](C)CN(S(=O)(=O)c2ccc(NC(=O)[C@H]3CCCN(C(=O)c4ccco4)C3)cc2)C1. The van der Waals surface area contributed by atoms with Gasteiger partial charge >= 0.3 is 0 Å². The summed E-state index contributed by atoms with van der Waals surface area (Å²) in [4.78, 5) is 27.2. The summed E-state index contributed by atoms with van der Waals surface area (Å²) in [6.45, 7) is 6.11. The van der Waals surface area contributed by atoms with Gasteiger partial charge in [0.15, 0.2) is 5.76 Å². The molecule has 0 spiro atoms. The molecule has 1 N–H and O–H groups in total. The molecule has 0 saturated carbocycles. The maximum absolute atomic E-state index is 13.1. The molecule has 4 rings (SSSR count). The number of nitrogens with zero attached hydrogens (tertiary/aromatic N) is 2. The second kappa shape index (κ2) is 9.69. The van der Waals surface area contributed by atoms with Gasteiger partial charge in [0.2, 0.25) is 15.9 Å². The van der Waals surface area contributed by atoms with Crippen LogP contribution in [-0.2, 0) is 14.8 Å². The second-order valence-corrected chi connectivity index (χ2v) is 11.3. The summed E-state index contributed by atoms with van der Waals surface area (Å²) in [5.74, 6) is 0.200. The van der Waals surface area contributed by atoms with Crippen LogP contribution in [0, 0.1) is 17.8 Å². The van der Waals surface area contributed by atoms with Gasteiger partial charge in [0.1, 0.15) is 0 Å². The van der Waals surface area contributed by atoms with Crippen molar-refractivity contribution in [3.05, 3.63) is 48.4 Å². The van der Waals surface area contributed by atoms with Crippen molar-refractivity contribution in [3.8, 4) is 0 Å². The Hall–Kier alpha value is -2.65. The van der Waals surface area contributed by atoms with Crippen LogP contribution < -0.4 is 5.32 Å². The Morgan fingerprint density at radius 3 is 2.36 bits per heavy atom. The predicted octanol–water partition coefficient (Wildman–Crippen LogP) is 3.44. The van der Waals surface area contributed by atoms with Crippen molar-refractivity contribution in [3.63, 3.8) is 0 Å². The van der Waals surface area contributed by atoms with E-state index in [0.717, 1.165) is 12.8 Å². The third-order valence-corrected chi connectivity index (χ3v) is 8.25. The third-order valence-electron chi connectivity index (χ3n) is 6.41. The fourth-order valence-electron chi connectivity index (χ4n) is 4.84. The predicted molar refractivity (Wildman–Crippen MR) is 124 cm³/mol. The lowest BCUT2D eigenvalue weighted by Gasteiger charge is -2.34. The van der Waals surface area contributed by atoms with Crippen LogP contribution in [-0.4, -0.2) is 55.6 Å². The molecule has 2 amide bonds. The largest absolute Gasteiger partial charge is 0.459 e. The molecule has 1 aromatic carbocycles. The van der Waals surface area contributed by atoms with E-state index in [1.165, 1.54) is 6.26 Å². The van der Waals surface area contributed by atoms with Crippen LogP contribution in [0.3, 0.4) is 0 Å². The van der Waals surface area contributed by atoms with Crippen molar-refractivity contribution in [1.29, 1.82) is 0 Å². The van der Waals surface area contributed by atoms with Gasteiger partial charge in [-0.2, -0.15) is 4.31 Å². The number of amides is 2. The number of carbonyl (C=O) groups is 2. The highest BCUT2D eigenvalue weighted by molar-refractivity contribution is 7.89. The van der Waals surface area contributed by atoms with Gasteiger partial charge in [-0.05, 0) is 67.5 Å². The van der Waals surface area contributed by atoms with Gasteiger partial charge in [0.25, 0.3) is 5.91 Å². The van der Waals surface area contributed by atoms with E-state index in [-0.39, 0.29) is 28.4 Å². The highest BCUT2D eigenvalue weighted by Gasteiger charge is 2.32. The molecule has 1 aromatic heterocycles. The van der Waals surface area contributed by atoms with Crippen LogP contribution in [0.1, 0.15) is 43.7 Å². The van der Waals surface area contributed by atoms with Gasteiger partial charge in [-0.3, -0.25) is 9.59 Å². The van der Waals surface area contributed by atoms with Gasteiger partial charge in [-0.15, -0.1) is 0 Å². The normalized spacial score (nSPS) is 24.4. The Bertz CT molecular complexity index is 1070. The Morgan fingerprint density at radius 1 is 1.03 bits per heavy atom. The first-order valence-electron chi connectivity index (χ1n) is 11.5. The van der Waals surface area contributed by atoms with E-state index in [1.807, 2.05) is 0 Å². The molecular formula is C24H31N3O5S. The molecule has 8 nitrogen and oxygen atoms in total. The topological polar surface area (TPSA) is 99.9 Å². The Balaban J connectivity index is 1.38. The van der Waals surface area contributed by atoms with E-state index in [9.17, 15) is 18.0 Å². The third kappa shape index (κ3) is 5.30. The van der Waals surface area contributed by atoms with E-state index < -0.39 is 10.0 Å². The quantitative estimate of drug-likeness (QED) is 0.717. The lowest BCUT2D eigenvalue weighted by atomic mass is 9.94. The molecule has 0 radical (unpaired) electrons. The number of hydrogen-bond donors (Lipinski definition) is 1. The van der Waals surface area contributed by atoms with E-state index in [4.69, 9.17) is 4.42 Å². The summed E-state index contributed by atoms with van der Waals surface area (Å²) in [5, 5.41) is 2.87. The highest BCUT2D eigenvalue weighted by Crippen LogP contribution is 2.27. The summed E-state index contributed by atoms with van der Waals surface area (Å²) in [7, 11) is -3.56. The molecule has 9 heteroatoms. The Labute approximate surface area is 195 Å². The molecule has 3 atom stereocenters. The van der Waals surface area contributed by atoms with Crippen molar-refractivity contribution in [2.24, 2.45) is 17.8 Å². The molecular weight excluding hydrogens is 442 g/mol. The first-order valence-corrected chi connectivity index (χ1v) is 12.9. The lowest BCUT2D eigenvalue weighted by Crippen LogP contribution is -2.43. The fraction of sp³-hybridized carbons (Fsp3) is 0.500. The molecule has 2 aliphatic heterocycles. The molecule has 0 aliphatic carbocycles. The summed E-state index contributed by atoms with van der Waals surface area (Å²) >= 11 is 0. The second-order valence-electron chi connectivity index (χ2n) is 9.35. The zero-order valence-electron chi connectivity index (χ0n) is 19.1. The molecule has 0 unspecified atom stereocenters. The van der Waals surface area contributed by atoms with Gasteiger partial charge in [-0.1, -0.05) is 13.8 Å². The van der Waals surface area contributed by atoms with Gasteiger partial charge < -0.3 is 14.6 Å². The number of nitrogens with one attached hydrogen (secondary N) is 1.